The number of anilines is 1. The summed E-state index contributed by atoms with van der Waals surface area (Å²) in [5, 5.41) is 6.71. The third-order valence-corrected chi connectivity index (χ3v) is 5.11. The number of benzene rings is 2. The maximum Gasteiger partial charge on any atom is 0.262 e. The summed E-state index contributed by atoms with van der Waals surface area (Å²) in [6.45, 7) is 3.75. The van der Waals surface area contributed by atoms with Crippen LogP contribution in [-0.2, 0) is 11.3 Å². The lowest BCUT2D eigenvalue weighted by atomic mass is 10.2. The van der Waals surface area contributed by atoms with E-state index in [-0.39, 0.29) is 12.7 Å². The number of nitrogens with zero attached hydrogens (tertiary/aromatic N) is 1. The Hall–Kier alpha value is -3.00. The molecule has 0 spiro atoms. The molecule has 2 aliphatic heterocycles. The monoisotopic (exact) mass is 413 g/mol. The Morgan fingerprint density at radius 3 is 2.83 bits per heavy atom. The molecule has 1 atom stereocenters. The second-order valence-electron chi connectivity index (χ2n) is 6.82. The summed E-state index contributed by atoms with van der Waals surface area (Å²) >= 11 is 5.65. The first-order valence-electron chi connectivity index (χ1n) is 9.63. The van der Waals surface area contributed by atoms with Crippen LogP contribution in [0.3, 0.4) is 0 Å². The largest absolute Gasteiger partial charge is 0.477 e. The van der Waals surface area contributed by atoms with Crippen LogP contribution in [0.1, 0.15) is 18.9 Å². The molecule has 0 saturated carbocycles. The van der Waals surface area contributed by atoms with E-state index in [1.165, 1.54) is 0 Å². The van der Waals surface area contributed by atoms with Crippen molar-refractivity contribution in [2.45, 2.75) is 26.0 Å². The lowest BCUT2D eigenvalue weighted by Crippen LogP contribution is -2.53. The summed E-state index contributed by atoms with van der Waals surface area (Å²) in [4.78, 5) is 14.4. The van der Waals surface area contributed by atoms with Gasteiger partial charge in [-0.05, 0) is 48.5 Å². The molecule has 7 nitrogen and oxygen atoms in total. The highest BCUT2D eigenvalue weighted by Crippen LogP contribution is 2.34. The number of hydrogen-bond donors (Lipinski definition) is 2. The number of carbonyl (C=O) groups excluding carboxylic acids is 1. The van der Waals surface area contributed by atoms with Crippen LogP contribution < -0.4 is 29.7 Å². The molecule has 0 bridgehead atoms. The van der Waals surface area contributed by atoms with E-state index in [9.17, 15) is 4.79 Å². The van der Waals surface area contributed by atoms with Crippen LogP contribution in [-0.4, -0.2) is 37.0 Å². The number of rotatable bonds is 5. The Balaban J connectivity index is 1.46. The zero-order valence-electron chi connectivity index (χ0n) is 16.1. The molecule has 4 rings (SSSR count). The van der Waals surface area contributed by atoms with Gasteiger partial charge in [-0.15, -0.1) is 0 Å². The van der Waals surface area contributed by atoms with Gasteiger partial charge in [0.2, 0.25) is 6.79 Å². The summed E-state index contributed by atoms with van der Waals surface area (Å²) in [7, 11) is 0. The van der Waals surface area contributed by atoms with Crippen molar-refractivity contribution in [2.75, 3.05) is 24.8 Å². The van der Waals surface area contributed by atoms with Crippen molar-refractivity contribution >= 4 is 28.9 Å². The number of nitrogens with one attached hydrogen (secondary N) is 2. The van der Waals surface area contributed by atoms with Gasteiger partial charge in [-0.3, -0.25) is 4.79 Å². The number of carbonyl (C=O) groups is 1. The van der Waals surface area contributed by atoms with E-state index in [2.05, 4.69) is 10.6 Å². The Bertz CT molecular complexity index is 921. The zero-order chi connectivity index (χ0) is 20.2. The van der Waals surface area contributed by atoms with Crippen molar-refractivity contribution in [2.24, 2.45) is 0 Å². The number of para-hydroxylation sites is 2. The highest BCUT2D eigenvalue weighted by Gasteiger charge is 2.32. The Morgan fingerprint density at radius 2 is 1.97 bits per heavy atom. The van der Waals surface area contributed by atoms with Crippen LogP contribution in [0.4, 0.5) is 5.69 Å². The molecule has 2 heterocycles. The Labute approximate surface area is 174 Å². The molecule has 2 aromatic carbocycles. The lowest BCUT2D eigenvalue weighted by molar-refractivity contribution is -0.127. The van der Waals surface area contributed by atoms with Gasteiger partial charge >= 0.3 is 0 Å². The molecule has 0 saturated heterocycles. The normalized spacial score (nSPS) is 16.6. The molecular formula is C21H23N3O4S. The van der Waals surface area contributed by atoms with Crippen molar-refractivity contribution in [3.05, 3.63) is 48.0 Å². The van der Waals surface area contributed by atoms with Crippen LogP contribution >= 0.6 is 12.2 Å². The minimum atomic E-state index is -0.623. The maximum atomic E-state index is 12.5. The molecule has 8 heteroatoms. The van der Waals surface area contributed by atoms with Crippen molar-refractivity contribution in [1.29, 1.82) is 0 Å². The van der Waals surface area contributed by atoms with Gasteiger partial charge in [0.15, 0.2) is 22.7 Å². The average Bonchev–Trinajstić information content (AvgIpc) is 3.22. The third kappa shape index (κ3) is 4.22. The fraction of sp³-hybridized carbons (Fsp3) is 0.333. The van der Waals surface area contributed by atoms with Gasteiger partial charge in [0, 0.05) is 13.1 Å². The number of amides is 1. The lowest BCUT2D eigenvalue weighted by Gasteiger charge is -2.35. The standard InChI is InChI=1S/C21H23N3O4S/c1-2-9-22-20(25)19-12-24(15-5-3-4-6-16(15)28-19)21(29)23-11-14-7-8-17-18(10-14)27-13-26-17/h3-8,10,19H,2,9,11-13H2,1H3,(H,22,25)(H,23,29)/t19-/m1/s1. The van der Waals surface area contributed by atoms with Crippen LogP contribution in [0, 0.1) is 0 Å². The quantitative estimate of drug-likeness (QED) is 0.730. The second kappa shape index (κ2) is 8.57. The molecule has 2 aliphatic rings. The first kappa shape index (κ1) is 19.3. The average molecular weight is 413 g/mol. The van der Waals surface area contributed by atoms with Crippen LogP contribution in [0.2, 0.25) is 0 Å². The highest BCUT2D eigenvalue weighted by atomic mass is 32.1. The molecule has 0 radical (unpaired) electrons. The van der Waals surface area contributed by atoms with Crippen molar-refractivity contribution in [3.8, 4) is 17.2 Å². The molecular weight excluding hydrogens is 390 g/mol. The SMILES string of the molecule is CCCNC(=O)[C@H]1CN(C(=S)NCc2ccc3c(c2)OCO3)c2ccccc2O1. The number of ether oxygens (including phenoxy) is 3. The zero-order valence-corrected chi connectivity index (χ0v) is 17.0. The Morgan fingerprint density at radius 1 is 1.14 bits per heavy atom. The molecule has 0 fully saturated rings. The van der Waals surface area contributed by atoms with Crippen LogP contribution in [0.5, 0.6) is 17.2 Å². The maximum absolute atomic E-state index is 12.5. The van der Waals surface area contributed by atoms with Gasteiger partial charge < -0.3 is 29.7 Å². The first-order valence-corrected chi connectivity index (χ1v) is 10.0. The predicted molar refractivity (Wildman–Crippen MR) is 114 cm³/mol. The number of hydrogen-bond acceptors (Lipinski definition) is 5. The Kier molecular flexibility index (Phi) is 5.71. The smallest absolute Gasteiger partial charge is 0.262 e. The van der Waals surface area contributed by atoms with Gasteiger partial charge in [-0.25, -0.2) is 0 Å². The van der Waals surface area contributed by atoms with Crippen molar-refractivity contribution < 1.29 is 19.0 Å². The molecule has 152 valence electrons. The number of thiocarbonyl (C=S) groups is 1. The predicted octanol–water partition coefficient (Wildman–Crippen LogP) is 2.58. The summed E-state index contributed by atoms with van der Waals surface area (Å²) < 4.78 is 16.7. The van der Waals surface area contributed by atoms with E-state index in [4.69, 9.17) is 26.4 Å². The van der Waals surface area contributed by atoms with Crippen LogP contribution in [0.15, 0.2) is 42.5 Å². The molecule has 1 amide bonds. The molecule has 0 aromatic heterocycles. The summed E-state index contributed by atoms with van der Waals surface area (Å²) in [6, 6.07) is 13.4. The van der Waals surface area contributed by atoms with E-state index in [0.29, 0.717) is 30.5 Å². The minimum Gasteiger partial charge on any atom is -0.477 e. The topological polar surface area (TPSA) is 72.1 Å². The molecule has 2 aromatic rings. The van der Waals surface area contributed by atoms with Gasteiger partial charge in [-0.2, -0.15) is 0 Å². The van der Waals surface area contributed by atoms with E-state index < -0.39 is 6.10 Å². The van der Waals surface area contributed by atoms with E-state index in [0.717, 1.165) is 29.2 Å². The number of fused-ring (bicyclic) bond motifs is 2. The highest BCUT2D eigenvalue weighted by molar-refractivity contribution is 7.80. The van der Waals surface area contributed by atoms with E-state index in [1.54, 1.807) is 0 Å². The molecule has 0 aliphatic carbocycles. The fourth-order valence-electron chi connectivity index (χ4n) is 3.25. The minimum absolute atomic E-state index is 0.134. The summed E-state index contributed by atoms with van der Waals surface area (Å²) in [5.41, 5.74) is 1.87. The van der Waals surface area contributed by atoms with E-state index in [1.807, 2.05) is 54.3 Å². The van der Waals surface area contributed by atoms with E-state index >= 15 is 0 Å². The summed E-state index contributed by atoms with van der Waals surface area (Å²) in [6.07, 6.45) is 0.246. The third-order valence-electron chi connectivity index (χ3n) is 4.74. The van der Waals surface area contributed by atoms with Crippen LogP contribution in [0.25, 0.3) is 0 Å². The van der Waals surface area contributed by atoms with Gasteiger partial charge in [0.1, 0.15) is 5.75 Å². The van der Waals surface area contributed by atoms with Crippen molar-refractivity contribution in [1.82, 2.24) is 10.6 Å². The van der Waals surface area contributed by atoms with Gasteiger partial charge in [-0.1, -0.05) is 25.1 Å². The molecule has 0 unspecified atom stereocenters. The second-order valence-corrected chi connectivity index (χ2v) is 7.21. The van der Waals surface area contributed by atoms with Gasteiger partial charge in [0.25, 0.3) is 5.91 Å². The summed E-state index contributed by atoms with van der Waals surface area (Å²) in [5.74, 6) is 1.99. The first-order chi connectivity index (χ1) is 14.2. The molecule has 2 N–H and O–H groups in total. The van der Waals surface area contributed by atoms with Gasteiger partial charge in [0.05, 0.1) is 12.2 Å². The fourth-order valence-corrected chi connectivity index (χ4v) is 3.49. The van der Waals surface area contributed by atoms with Crippen molar-refractivity contribution in [3.63, 3.8) is 0 Å². The molecule has 29 heavy (non-hydrogen) atoms.